The number of hydrogen-bond acceptors (Lipinski definition) is 3. The molecule has 1 aliphatic carbocycles. The summed E-state index contributed by atoms with van der Waals surface area (Å²) in [4.78, 5) is 0. The molecule has 1 N–H and O–H groups in total. The molecule has 1 aliphatic rings. The van der Waals surface area contributed by atoms with Crippen LogP contribution in [-0.4, -0.2) is 19.8 Å². The third kappa shape index (κ3) is 3.99. The molecule has 0 heterocycles. The molecule has 0 radical (unpaired) electrons. The zero-order valence-electron chi connectivity index (χ0n) is 11.9. The lowest BCUT2D eigenvalue weighted by Gasteiger charge is -2.28. The first-order valence-corrected chi connectivity index (χ1v) is 6.98. The highest BCUT2D eigenvalue weighted by Gasteiger charge is 2.19. The van der Waals surface area contributed by atoms with Crippen LogP contribution in [0.5, 0.6) is 11.5 Å². The van der Waals surface area contributed by atoms with Crippen molar-refractivity contribution in [3.05, 3.63) is 18.2 Å². The highest BCUT2D eigenvalue weighted by atomic mass is 19.3. The molecule has 2 atom stereocenters. The molecule has 0 amide bonds. The van der Waals surface area contributed by atoms with Crippen LogP contribution in [0.15, 0.2) is 18.2 Å². The Kier molecular flexibility index (Phi) is 5.04. The van der Waals surface area contributed by atoms with Crippen molar-refractivity contribution in [3.8, 4) is 11.5 Å². The Morgan fingerprint density at radius 1 is 1.25 bits per heavy atom. The summed E-state index contributed by atoms with van der Waals surface area (Å²) in [7, 11) is 1.43. The van der Waals surface area contributed by atoms with Crippen molar-refractivity contribution >= 4 is 5.69 Å². The monoisotopic (exact) mass is 285 g/mol. The Hall–Kier alpha value is -1.52. The average Bonchev–Trinajstić information content (AvgIpc) is 2.38. The number of ether oxygens (including phenoxy) is 2. The highest BCUT2D eigenvalue weighted by Crippen LogP contribution is 2.33. The normalized spacial score (nSPS) is 22.6. The second-order valence-electron chi connectivity index (χ2n) is 5.36. The molecule has 2 unspecified atom stereocenters. The molecule has 0 spiro atoms. The summed E-state index contributed by atoms with van der Waals surface area (Å²) in [6.07, 6.45) is 4.69. The van der Waals surface area contributed by atoms with E-state index in [1.807, 2.05) is 6.07 Å². The standard InChI is InChI=1S/C15H21F2NO2/c1-10-4-3-5-11(8-10)18-12-6-7-13(19-2)14(9-12)20-15(16)17/h6-7,9-11,15,18H,3-5,8H2,1-2H3. The van der Waals surface area contributed by atoms with E-state index < -0.39 is 6.61 Å². The molecular weight excluding hydrogens is 264 g/mol. The van der Waals surface area contributed by atoms with E-state index >= 15 is 0 Å². The molecule has 0 aromatic heterocycles. The predicted molar refractivity (Wildman–Crippen MR) is 74.7 cm³/mol. The number of alkyl halides is 2. The van der Waals surface area contributed by atoms with Gasteiger partial charge in [-0.25, -0.2) is 0 Å². The van der Waals surface area contributed by atoms with E-state index in [1.165, 1.54) is 20.0 Å². The van der Waals surface area contributed by atoms with E-state index in [9.17, 15) is 8.78 Å². The van der Waals surface area contributed by atoms with Crippen molar-refractivity contribution in [1.82, 2.24) is 0 Å². The number of nitrogens with one attached hydrogen (secondary N) is 1. The Bertz CT molecular complexity index is 440. The molecule has 2 rings (SSSR count). The molecule has 1 aromatic rings. The quantitative estimate of drug-likeness (QED) is 0.875. The molecule has 0 saturated heterocycles. The van der Waals surface area contributed by atoms with Gasteiger partial charge in [-0.3, -0.25) is 0 Å². The summed E-state index contributed by atoms with van der Waals surface area (Å²) in [6.45, 7) is -0.610. The molecule has 5 heteroatoms. The Labute approximate surface area is 118 Å². The van der Waals surface area contributed by atoms with Gasteiger partial charge < -0.3 is 14.8 Å². The second-order valence-corrected chi connectivity index (χ2v) is 5.36. The summed E-state index contributed by atoms with van der Waals surface area (Å²) < 4.78 is 34.3. The van der Waals surface area contributed by atoms with Crippen molar-refractivity contribution in [1.29, 1.82) is 0 Å². The average molecular weight is 285 g/mol. The Balaban J connectivity index is 2.07. The van der Waals surface area contributed by atoms with Gasteiger partial charge in [-0.05, 0) is 30.9 Å². The minimum Gasteiger partial charge on any atom is -0.493 e. The molecule has 1 fully saturated rings. The van der Waals surface area contributed by atoms with Crippen LogP contribution < -0.4 is 14.8 Å². The van der Waals surface area contributed by atoms with Gasteiger partial charge in [0.1, 0.15) is 0 Å². The van der Waals surface area contributed by atoms with Crippen molar-refractivity contribution in [2.24, 2.45) is 5.92 Å². The minimum atomic E-state index is -2.85. The van der Waals surface area contributed by atoms with Gasteiger partial charge in [-0.1, -0.05) is 19.8 Å². The molecular formula is C15H21F2NO2. The van der Waals surface area contributed by atoms with Crippen molar-refractivity contribution in [2.75, 3.05) is 12.4 Å². The van der Waals surface area contributed by atoms with E-state index in [-0.39, 0.29) is 5.75 Å². The molecule has 0 bridgehead atoms. The molecule has 3 nitrogen and oxygen atoms in total. The van der Waals surface area contributed by atoms with Gasteiger partial charge in [0.15, 0.2) is 11.5 Å². The Morgan fingerprint density at radius 3 is 2.70 bits per heavy atom. The summed E-state index contributed by atoms with van der Waals surface area (Å²) >= 11 is 0. The molecule has 1 aromatic carbocycles. The van der Waals surface area contributed by atoms with Crippen LogP contribution in [0.1, 0.15) is 32.6 Å². The lowest BCUT2D eigenvalue weighted by molar-refractivity contribution is -0.0511. The fraction of sp³-hybridized carbons (Fsp3) is 0.600. The van der Waals surface area contributed by atoms with Crippen LogP contribution in [0.4, 0.5) is 14.5 Å². The fourth-order valence-corrected chi connectivity index (χ4v) is 2.76. The summed E-state index contributed by atoms with van der Waals surface area (Å²) in [5.74, 6) is 1.08. The summed E-state index contributed by atoms with van der Waals surface area (Å²) in [5, 5.41) is 3.40. The maximum atomic E-state index is 12.4. The third-order valence-electron chi connectivity index (χ3n) is 3.69. The minimum absolute atomic E-state index is 0.0661. The van der Waals surface area contributed by atoms with Crippen molar-refractivity contribution < 1.29 is 18.3 Å². The van der Waals surface area contributed by atoms with Crippen molar-refractivity contribution in [3.63, 3.8) is 0 Å². The number of anilines is 1. The molecule has 112 valence electrons. The molecule has 1 saturated carbocycles. The predicted octanol–water partition coefficient (Wildman–Crippen LogP) is 4.29. The topological polar surface area (TPSA) is 30.5 Å². The number of benzene rings is 1. The van der Waals surface area contributed by atoms with E-state index in [0.29, 0.717) is 17.7 Å². The van der Waals surface area contributed by atoms with Gasteiger partial charge in [-0.15, -0.1) is 0 Å². The number of halogens is 2. The molecule has 20 heavy (non-hydrogen) atoms. The second kappa shape index (κ2) is 6.77. The zero-order chi connectivity index (χ0) is 14.5. The van der Waals surface area contributed by atoms with E-state index in [0.717, 1.165) is 18.5 Å². The van der Waals surface area contributed by atoms with Gasteiger partial charge in [-0.2, -0.15) is 8.78 Å². The van der Waals surface area contributed by atoms with Gasteiger partial charge in [0, 0.05) is 17.8 Å². The lowest BCUT2D eigenvalue weighted by atomic mass is 9.87. The van der Waals surface area contributed by atoms with Crippen LogP contribution in [0, 0.1) is 5.92 Å². The summed E-state index contributed by atoms with van der Waals surface area (Å²) in [6, 6.07) is 5.44. The number of methoxy groups -OCH3 is 1. The maximum absolute atomic E-state index is 12.4. The molecule has 0 aliphatic heterocycles. The van der Waals surface area contributed by atoms with E-state index in [1.54, 1.807) is 12.1 Å². The SMILES string of the molecule is COc1ccc(NC2CCCC(C)C2)cc1OC(F)F. The maximum Gasteiger partial charge on any atom is 0.387 e. The van der Waals surface area contributed by atoms with Gasteiger partial charge in [0.2, 0.25) is 0 Å². The highest BCUT2D eigenvalue weighted by molar-refractivity contribution is 5.55. The van der Waals surface area contributed by atoms with Crippen LogP contribution in [-0.2, 0) is 0 Å². The van der Waals surface area contributed by atoms with Crippen molar-refractivity contribution in [2.45, 2.75) is 45.3 Å². The van der Waals surface area contributed by atoms with Crippen LogP contribution in [0.25, 0.3) is 0 Å². The zero-order valence-corrected chi connectivity index (χ0v) is 11.9. The number of rotatable bonds is 5. The van der Waals surface area contributed by atoms with Crippen LogP contribution >= 0.6 is 0 Å². The first kappa shape index (κ1) is 14.9. The number of hydrogen-bond donors (Lipinski definition) is 1. The Morgan fingerprint density at radius 2 is 2.05 bits per heavy atom. The van der Waals surface area contributed by atoms with E-state index in [2.05, 4.69) is 17.0 Å². The van der Waals surface area contributed by atoms with E-state index in [4.69, 9.17) is 4.74 Å². The first-order valence-electron chi connectivity index (χ1n) is 6.98. The largest absolute Gasteiger partial charge is 0.493 e. The fourth-order valence-electron chi connectivity index (χ4n) is 2.76. The summed E-state index contributed by atoms with van der Waals surface area (Å²) in [5.41, 5.74) is 0.792. The smallest absolute Gasteiger partial charge is 0.387 e. The van der Waals surface area contributed by atoms with Gasteiger partial charge >= 0.3 is 6.61 Å². The first-order chi connectivity index (χ1) is 9.58. The van der Waals surface area contributed by atoms with Gasteiger partial charge in [0.25, 0.3) is 0 Å². The lowest BCUT2D eigenvalue weighted by Crippen LogP contribution is -2.26. The van der Waals surface area contributed by atoms with Gasteiger partial charge in [0.05, 0.1) is 7.11 Å². The van der Waals surface area contributed by atoms with Crippen LogP contribution in [0.3, 0.4) is 0 Å². The third-order valence-corrected chi connectivity index (χ3v) is 3.69. The van der Waals surface area contributed by atoms with Crippen LogP contribution in [0.2, 0.25) is 0 Å².